The molecule has 3 amide bonds. The van der Waals surface area contributed by atoms with Gasteiger partial charge in [-0.25, -0.2) is 9.25 Å². The first-order valence-corrected chi connectivity index (χ1v) is 15.9. The van der Waals surface area contributed by atoms with Gasteiger partial charge in [-0.2, -0.15) is 0 Å². The fourth-order valence-corrected chi connectivity index (χ4v) is 5.17. The van der Waals surface area contributed by atoms with Crippen molar-refractivity contribution >= 4 is 38.4 Å². The summed E-state index contributed by atoms with van der Waals surface area (Å²) in [7, 11) is 0.612. The second-order valence-electron chi connectivity index (χ2n) is 11.7. The van der Waals surface area contributed by atoms with Crippen LogP contribution >= 0.6 is 8.73 Å². The number of rotatable bonds is 19. The standard InChI is InChI=1S/C28H46N5O7P.V/c1-27(2,25(37)29-17-16-24(36)40-33-22(34)14-15-23(33)35)20-28(3,4)26(38)39-18-12-10-8-6-7-9-11-13-21-19-32(41-5)31-30-21;/h19,41H,6-18,20H2,1-5H3,(H,29,37);. The number of nitrogens with one attached hydrogen (secondary N) is 1. The Balaban J connectivity index is 0.00000882. The van der Waals surface area contributed by atoms with E-state index in [0.717, 1.165) is 44.2 Å². The molecule has 1 radical (unpaired) electrons. The Labute approximate surface area is 262 Å². The topological polar surface area (TPSA) is 150 Å². The summed E-state index contributed by atoms with van der Waals surface area (Å²) in [4.78, 5) is 65.3. The molecule has 42 heavy (non-hydrogen) atoms. The van der Waals surface area contributed by atoms with Crippen molar-refractivity contribution < 1.29 is 52.1 Å². The number of carbonyl (C=O) groups excluding carboxylic acids is 5. The third kappa shape index (κ3) is 12.9. The van der Waals surface area contributed by atoms with Gasteiger partial charge in [0.05, 0.1) is 30.3 Å². The van der Waals surface area contributed by atoms with Gasteiger partial charge in [-0.1, -0.05) is 51.2 Å². The number of nitrogens with zero attached hydrogens (tertiary/aromatic N) is 4. The Morgan fingerprint density at radius 1 is 0.952 bits per heavy atom. The zero-order chi connectivity index (χ0) is 30.5. The molecular weight excluding hydrogens is 600 g/mol. The first-order valence-electron chi connectivity index (χ1n) is 14.5. The van der Waals surface area contributed by atoms with Gasteiger partial charge in [0, 0.05) is 52.1 Å². The number of aromatic nitrogens is 3. The molecule has 1 saturated heterocycles. The average molecular weight is 647 g/mol. The third-order valence-electron chi connectivity index (χ3n) is 6.95. The minimum absolute atomic E-state index is 0. The maximum Gasteiger partial charge on any atom is 0.334 e. The van der Waals surface area contributed by atoms with E-state index in [1.54, 1.807) is 27.7 Å². The number of imide groups is 1. The minimum Gasteiger partial charge on any atom is -0.465 e. The summed E-state index contributed by atoms with van der Waals surface area (Å²) in [5.74, 6) is -2.57. The molecule has 12 nitrogen and oxygen atoms in total. The summed E-state index contributed by atoms with van der Waals surface area (Å²) in [6.45, 7) is 9.38. The van der Waals surface area contributed by atoms with Crippen LogP contribution in [-0.2, 0) is 58.5 Å². The molecule has 0 spiro atoms. The van der Waals surface area contributed by atoms with E-state index < -0.39 is 28.6 Å². The van der Waals surface area contributed by atoms with Crippen LogP contribution in [0.3, 0.4) is 0 Å². The van der Waals surface area contributed by atoms with E-state index in [4.69, 9.17) is 9.57 Å². The first kappa shape index (κ1) is 37.7. The molecule has 1 fully saturated rings. The molecule has 1 atom stereocenters. The Morgan fingerprint density at radius 3 is 2.14 bits per heavy atom. The van der Waals surface area contributed by atoms with Crippen molar-refractivity contribution in [2.24, 2.45) is 10.8 Å². The van der Waals surface area contributed by atoms with Gasteiger partial charge in [-0.3, -0.25) is 19.2 Å². The molecule has 1 aromatic rings. The summed E-state index contributed by atoms with van der Waals surface area (Å²) in [5.41, 5.74) is -0.721. The zero-order valence-electron chi connectivity index (χ0n) is 25.6. The molecule has 1 aromatic heterocycles. The number of ether oxygens (including phenoxy) is 1. The van der Waals surface area contributed by atoms with Crippen molar-refractivity contribution in [1.82, 2.24) is 25.1 Å². The monoisotopic (exact) mass is 646 g/mol. The summed E-state index contributed by atoms with van der Waals surface area (Å²) in [6.07, 6.45) is 10.6. The Bertz CT molecular complexity index is 1050. The van der Waals surface area contributed by atoms with Crippen LogP contribution in [0.5, 0.6) is 0 Å². The van der Waals surface area contributed by atoms with Gasteiger partial charge < -0.3 is 14.9 Å². The number of esters is 1. The Morgan fingerprint density at radius 2 is 1.55 bits per heavy atom. The molecule has 2 rings (SSSR count). The number of carbonyl (C=O) groups is 5. The van der Waals surface area contributed by atoms with E-state index in [2.05, 4.69) is 22.3 Å². The van der Waals surface area contributed by atoms with Crippen LogP contribution in [-0.4, -0.2) is 69.3 Å². The predicted octanol–water partition coefficient (Wildman–Crippen LogP) is 3.72. The van der Waals surface area contributed by atoms with Gasteiger partial charge in [0.25, 0.3) is 11.8 Å². The SMILES string of the molecule is CPn1cc(CCCCCCCCCOC(=O)C(C)(C)CC(C)(C)C(=O)NCCC(=O)ON2C(=O)CCC2=O)nn1.[V]. The molecule has 0 aliphatic carbocycles. The van der Waals surface area contributed by atoms with Crippen molar-refractivity contribution in [3.8, 4) is 0 Å². The Hall–Kier alpha value is -2.30. The van der Waals surface area contributed by atoms with Crippen LogP contribution in [0.4, 0.5) is 0 Å². The van der Waals surface area contributed by atoms with Gasteiger partial charge in [0.15, 0.2) is 0 Å². The second kappa shape index (κ2) is 18.4. The zero-order valence-corrected chi connectivity index (χ0v) is 28.0. The van der Waals surface area contributed by atoms with Crippen molar-refractivity contribution in [2.45, 2.75) is 105 Å². The second-order valence-corrected chi connectivity index (χ2v) is 12.6. The van der Waals surface area contributed by atoms with E-state index >= 15 is 0 Å². The number of aryl methyl sites for hydroxylation is 1. The third-order valence-corrected chi connectivity index (χ3v) is 7.62. The van der Waals surface area contributed by atoms with E-state index in [9.17, 15) is 24.0 Å². The molecule has 0 saturated carbocycles. The van der Waals surface area contributed by atoms with Crippen LogP contribution in [0.15, 0.2) is 6.20 Å². The van der Waals surface area contributed by atoms with Gasteiger partial charge in [-0.05, 0) is 46.2 Å². The fourth-order valence-electron chi connectivity index (χ4n) is 4.75. The molecule has 14 heteroatoms. The van der Waals surface area contributed by atoms with Crippen molar-refractivity contribution in [2.75, 3.05) is 19.8 Å². The molecule has 235 valence electrons. The number of unbranched alkanes of at least 4 members (excludes halogenated alkanes) is 6. The first-order chi connectivity index (χ1) is 19.4. The van der Waals surface area contributed by atoms with Gasteiger partial charge in [-0.15, -0.1) is 10.2 Å². The van der Waals surface area contributed by atoms with E-state index in [-0.39, 0.29) is 62.7 Å². The van der Waals surface area contributed by atoms with E-state index in [0.29, 0.717) is 20.4 Å². The predicted molar refractivity (Wildman–Crippen MR) is 154 cm³/mol. The van der Waals surface area contributed by atoms with Crippen LogP contribution in [0.25, 0.3) is 0 Å². The summed E-state index contributed by atoms with van der Waals surface area (Å²) in [6, 6.07) is 0. The number of hydroxylamine groups is 2. The maximum absolute atomic E-state index is 12.8. The van der Waals surface area contributed by atoms with E-state index in [1.165, 1.54) is 12.8 Å². The van der Waals surface area contributed by atoms with Crippen LogP contribution in [0.2, 0.25) is 0 Å². The average Bonchev–Trinajstić information content (AvgIpc) is 3.50. The molecule has 1 aliphatic rings. The molecular formula is C28H46N5O7PV. The summed E-state index contributed by atoms with van der Waals surface area (Å²) >= 11 is 0. The molecule has 1 N–H and O–H groups in total. The Kier molecular flexibility index (Phi) is 16.5. The quantitative estimate of drug-likeness (QED) is 0.103. The number of hydrogen-bond acceptors (Lipinski definition) is 9. The molecule has 1 unspecified atom stereocenters. The molecule has 0 bridgehead atoms. The van der Waals surface area contributed by atoms with Crippen LogP contribution in [0.1, 0.15) is 104 Å². The van der Waals surface area contributed by atoms with Crippen molar-refractivity contribution in [3.05, 3.63) is 11.9 Å². The minimum atomic E-state index is -0.903. The summed E-state index contributed by atoms with van der Waals surface area (Å²) in [5, 5.41) is 11.4. The summed E-state index contributed by atoms with van der Waals surface area (Å²) < 4.78 is 7.40. The normalized spacial score (nSPS) is 13.9. The van der Waals surface area contributed by atoms with Crippen molar-refractivity contribution in [3.63, 3.8) is 0 Å². The fraction of sp³-hybridized carbons (Fsp3) is 0.750. The van der Waals surface area contributed by atoms with Gasteiger partial charge in [0.1, 0.15) is 0 Å². The molecule has 1 aliphatic heterocycles. The van der Waals surface area contributed by atoms with Gasteiger partial charge >= 0.3 is 11.9 Å². The number of amides is 3. The van der Waals surface area contributed by atoms with Gasteiger partial charge in [0.2, 0.25) is 5.91 Å². The number of hydrogen-bond donors (Lipinski definition) is 1. The van der Waals surface area contributed by atoms with Crippen molar-refractivity contribution in [1.29, 1.82) is 0 Å². The molecule has 0 aromatic carbocycles. The van der Waals surface area contributed by atoms with E-state index in [1.807, 2.05) is 10.6 Å². The van der Waals surface area contributed by atoms with Crippen LogP contribution in [0, 0.1) is 10.8 Å². The maximum atomic E-state index is 12.8. The van der Waals surface area contributed by atoms with Crippen LogP contribution < -0.4 is 5.32 Å². The smallest absolute Gasteiger partial charge is 0.334 e. The molecule has 2 heterocycles. The largest absolute Gasteiger partial charge is 0.465 e.